The Morgan fingerprint density at radius 3 is 2.25 bits per heavy atom. The highest BCUT2D eigenvalue weighted by atomic mass is 35.5. The van der Waals surface area contributed by atoms with Crippen molar-refractivity contribution in [2.24, 2.45) is 0 Å². The van der Waals surface area contributed by atoms with Gasteiger partial charge in [-0.1, -0.05) is 11.6 Å². The molecule has 0 aliphatic heterocycles. The van der Waals surface area contributed by atoms with E-state index in [1.807, 2.05) is 0 Å². The predicted molar refractivity (Wildman–Crippen MR) is 97.9 cm³/mol. The maximum atomic E-state index is 12.6. The lowest BCUT2D eigenvalue weighted by atomic mass is 10.2. The van der Waals surface area contributed by atoms with Crippen molar-refractivity contribution in [3.8, 4) is 5.75 Å². The maximum Gasteiger partial charge on any atom is 0.416 e. The van der Waals surface area contributed by atoms with Gasteiger partial charge in [-0.2, -0.15) is 17.9 Å². The molecule has 0 fully saturated rings. The van der Waals surface area contributed by atoms with E-state index in [4.69, 9.17) is 16.3 Å². The Morgan fingerprint density at radius 2 is 1.75 bits per heavy atom. The molecule has 11 heteroatoms. The first-order valence-corrected chi connectivity index (χ1v) is 9.64. The van der Waals surface area contributed by atoms with Crippen LogP contribution in [0.3, 0.4) is 0 Å². The minimum atomic E-state index is -4.49. The van der Waals surface area contributed by atoms with E-state index in [9.17, 15) is 26.4 Å². The maximum absolute atomic E-state index is 12.6. The molecule has 1 atom stereocenters. The van der Waals surface area contributed by atoms with E-state index in [2.05, 4.69) is 10.0 Å². The number of hydrogen-bond acceptors (Lipinski definition) is 4. The van der Waals surface area contributed by atoms with Gasteiger partial charge in [0, 0.05) is 5.69 Å². The van der Waals surface area contributed by atoms with Crippen molar-refractivity contribution in [3.63, 3.8) is 0 Å². The average molecular weight is 437 g/mol. The third kappa shape index (κ3) is 5.37. The molecule has 2 aromatic rings. The van der Waals surface area contributed by atoms with Gasteiger partial charge in [0.1, 0.15) is 5.75 Å². The van der Waals surface area contributed by atoms with Gasteiger partial charge in [-0.15, -0.1) is 0 Å². The summed E-state index contributed by atoms with van der Waals surface area (Å²) in [5.41, 5.74) is -0.771. The lowest BCUT2D eigenvalue weighted by Gasteiger charge is -2.15. The number of alkyl halides is 3. The molecule has 6 nitrogen and oxygen atoms in total. The summed E-state index contributed by atoms with van der Waals surface area (Å²) in [6, 6.07) is 6.36. The number of amides is 1. The molecule has 0 spiro atoms. The first-order chi connectivity index (χ1) is 12.9. The largest absolute Gasteiger partial charge is 0.495 e. The summed E-state index contributed by atoms with van der Waals surface area (Å²) in [6.45, 7) is 1.29. The number of carbonyl (C=O) groups excluding carboxylic acids is 1. The van der Waals surface area contributed by atoms with Crippen LogP contribution in [0.15, 0.2) is 47.4 Å². The van der Waals surface area contributed by atoms with Gasteiger partial charge in [0.2, 0.25) is 15.9 Å². The number of methoxy groups -OCH3 is 1. The molecule has 2 aromatic carbocycles. The van der Waals surface area contributed by atoms with Crippen LogP contribution in [0.5, 0.6) is 5.75 Å². The Labute approximate surface area is 164 Å². The van der Waals surface area contributed by atoms with E-state index in [-0.39, 0.29) is 21.4 Å². The van der Waals surface area contributed by atoms with Gasteiger partial charge in [0.15, 0.2) is 0 Å². The first-order valence-electron chi connectivity index (χ1n) is 7.78. The summed E-state index contributed by atoms with van der Waals surface area (Å²) in [5, 5.41) is 2.42. The van der Waals surface area contributed by atoms with Crippen LogP contribution in [0.25, 0.3) is 0 Å². The van der Waals surface area contributed by atoms with Crippen molar-refractivity contribution in [2.75, 3.05) is 12.4 Å². The number of ether oxygens (including phenoxy) is 1. The molecule has 0 bridgehead atoms. The molecule has 152 valence electrons. The van der Waals surface area contributed by atoms with Crippen molar-refractivity contribution in [1.29, 1.82) is 0 Å². The third-order valence-electron chi connectivity index (χ3n) is 3.64. The highest BCUT2D eigenvalue weighted by molar-refractivity contribution is 7.89. The smallest absolute Gasteiger partial charge is 0.416 e. The summed E-state index contributed by atoms with van der Waals surface area (Å²) >= 11 is 5.91. The number of rotatable bonds is 6. The van der Waals surface area contributed by atoms with Crippen LogP contribution in [-0.4, -0.2) is 27.5 Å². The zero-order valence-electron chi connectivity index (χ0n) is 14.7. The number of nitrogens with one attached hydrogen (secondary N) is 2. The highest BCUT2D eigenvalue weighted by Gasteiger charge is 2.30. The summed E-state index contributed by atoms with van der Waals surface area (Å²) < 4.78 is 69.6. The fraction of sp³-hybridized carbons (Fsp3) is 0.235. The summed E-state index contributed by atoms with van der Waals surface area (Å²) in [4.78, 5) is 12.0. The minimum Gasteiger partial charge on any atom is -0.495 e. The second-order valence-corrected chi connectivity index (χ2v) is 7.82. The molecule has 0 unspecified atom stereocenters. The molecule has 0 aromatic heterocycles. The monoisotopic (exact) mass is 436 g/mol. The molecule has 0 aliphatic rings. The fourth-order valence-electron chi connectivity index (χ4n) is 2.16. The zero-order chi connectivity index (χ0) is 21.1. The van der Waals surface area contributed by atoms with E-state index in [0.717, 1.165) is 24.3 Å². The van der Waals surface area contributed by atoms with Crippen LogP contribution >= 0.6 is 11.6 Å². The van der Waals surface area contributed by atoms with E-state index in [1.54, 1.807) is 0 Å². The molecule has 0 radical (unpaired) electrons. The Kier molecular flexibility index (Phi) is 6.58. The van der Waals surface area contributed by atoms with E-state index in [0.29, 0.717) is 0 Å². The molecule has 0 saturated carbocycles. The van der Waals surface area contributed by atoms with Crippen molar-refractivity contribution < 1.29 is 31.1 Å². The molecule has 1 amide bonds. The molecule has 0 saturated heterocycles. The third-order valence-corrected chi connectivity index (χ3v) is 5.47. The van der Waals surface area contributed by atoms with Crippen LogP contribution in [0.2, 0.25) is 5.02 Å². The highest BCUT2D eigenvalue weighted by Crippen LogP contribution is 2.30. The Bertz CT molecular complexity index is 963. The van der Waals surface area contributed by atoms with Gasteiger partial charge in [-0.05, 0) is 49.4 Å². The van der Waals surface area contributed by atoms with Crippen LogP contribution in [0.1, 0.15) is 12.5 Å². The number of anilines is 1. The average Bonchev–Trinajstić information content (AvgIpc) is 2.60. The van der Waals surface area contributed by atoms with Gasteiger partial charge in [-0.25, -0.2) is 8.42 Å². The van der Waals surface area contributed by atoms with E-state index < -0.39 is 33.7 Å². The molecule has 2 rings (SSSR count). The van der Waals surface area contributed by atoms with Crippen LogP contribution in [0, 0.1) is 0 Å². The first kappa shape index (κ1) is 22.0. The number of sulfonamides is 1. The predicted octanol–water partition coefficient (Wildman–Crippen LogP) is 3.67. The lowest BCUT2D eigenvalue weighted by molar-refractivity contribution is -0.137. The van der Waals surface area contributed by atoms with Gasteiger partial charge >= 0.3 is 6.18 Å². The van der Waals surface area contributed by atoms with Crippen LogP contribution in [0.4, 0.5) is 18.9 Å². The van der Waals surface area contributed by atoms with E-state index in [1.165, 1.54) is 32.2 Å². The van der Waals surface area contributed by atoms with E-state index >= 15 is 0 Å². The lowest BCUT2D eigenvalue weighted by Crippen LogP contribution is -2.41. The molecule has 28 heavy (non-hydrogen) atoms. The number of halogens is 4. The molecule has 0 heterocycles. The standard InChI is InChI=1S/C17H16ClF3N2O4S/c1-10(16(24)22-12-5-3-11(4-6-12)17(19,20)21)23-28(25,26)13-7-8-15(27-2)14(18)9-13/h3-10,23H,1-2H3,(H,22,24)/t10-/m0/s1. The van der Waals surface area contributed by atoms with Gasteiger partial charge in [0.25, 0.3) is 0 Å². The van der Waals surface area contributed by atoms with Gasteiger partial charge < -0.3 is 10.1 Å². The minimum absolute atomic E-state index is 0.0761. The topological polar surface area (TPSA) is 84.5 Å². The van der Waals surface area contributed by atoms with Crippen LogP contribution < -0.4 is 14.8 Å². The Morgan fingerprint density at radius 1 is 1.14 bits per heavy atom. The van der Waals surface area contributed by atoms with Crippen molar-refractivity contribution in [2.45, 2.75) is 24.0 Å². The van der Waals surface area contributed by atoms with Crippen molar-refractivity contribution >= 4 is 33.2 Å². The molecule has 2 N–H and O–H groups in total. The van der Waals surface area contributed by atoms with Gasteiger partial charge in [-0.3, -0.25) is 4.79 Å². The molecular weight excluding hydrogens is 421 g/mol. The second kappa shape index (κ2) is 8.38. The fourth-order valence-corrected chi connectivity index (χ4v) is 3.71. The normalized spacial score (nSPS) is 13.1. The van der Waals surface area contributed by atoms with Crippen molar-refractivity contribution in [3.05, 3.63) is 53.1 Å². The number of carbonyl (C=O) groups is 1. The summed E-state index contributed by atoms with van der Waals surface area (Å²) in [6.07, 6.45) is -4.49. The SMILES string of the molecule is COc1ccc(S(=O)(=O)N[C@@H](C)C(=O)Nc2ccc(C(F)(F)F)cc2)cc1Cl. The summed E-state index contributed by atoms with van der Waals surface area (Å²) in [7, 11) is -2.69. The quantitative estimate of drug-likeness (QED) is 0.723. The number of benzene rings is 2. The molecular formula is C17H16ClF3N2O4S. The Balaban J connectivity index is 2.08. The zero-order valence-corrected chi connectivity index (χ0v) is 16.2. The summed E-state index contributed by atoms with van der Waals surface area (Å²) in [5.74, 6) is -0.461. The Hall–Kier alpha value is -2.30. The second-order valence-electron chi connectivity index (χ2n) is 5.70. The number of hydrogen-bond donors (Lipinski definition) is 2. The van der Waals surface area contributed by atoms with Crippen molar-refractivity contribution in [1.82, 2.24) is 4.72 Å². The van der Waals surface area contributed by atoms with Crippen LogP contribution in [-0.2, 0) is 21.0 Å². The van der Waals surface area contributed by atoms with Gasteiger partial charge in [0.05, 0.1) is 28.6 Å². The molecule has 0 aliphatic carbocycles.